The summed E-state index contributed by atoms with van der Waals surface area (Å²) in [5.41, 5.74) is 4.66. The van der Waals surface area contributed by atoms with E-state index in [1.165, 1.54) is 36.0 Å². The van der Waals surface area contributed by atoms with Crippen LogP contribution < -0.4 is 5.32 Å². The van der Waals surface area contributed by atoms with Crippen molar-refractivity contribution in [3.8, 4) is 0 Å². The monoisotopic (exact) mass is 246 g/mol. The van der Waals surface area contributed by atoms with Crippen molar-refractivity contribution in [2.45, 2.75) is 38.6 Å². The summed E-state index contributed by atoms with van der Waals surface area (Å²) in [5.74, 6) is 0. The van der Waals surface area contributed by atoms with Gasteiger partial charge in [-0.15, -0.1) is 0 Å². The first-order valence-electron chi connectivity index (χ1n) is 6.98. The number of nitrogens with zero attached hydrogens (tertiary/aromatic N) is 1. The predicted molar refractivity (Wildman–Crippen MR) is 78.1 cm³/mol. The Morgan fingerprint density at radius 1 is 1.17 bits per heavy atom. The topological polar surface area (TPSA) is 15.3 Å². The number of aryl methyl sites for hydroxylation is 2. The highest BCUT2D eigenvalue weighted by Gasteiger charge is 2.34. The van der Waals surface area contributed by atoms with E-state index in [0.29, 0.717) is 5.54 Å². The molecule has 0 aliphatic carbocycles. The van der Waals surface area contributed by atoms with Gasteiger partial charge < -0.3 is 10.2 Å². The Kier molecular flexibility index (Phi) is 4.08. The lowest BCUT2D eigenvalue weighted by Gasteiger charge is -2.44. The lowest BCUT2D eigenvalue weighted by molar-refractivity contribution is 0.108. The Morgan fingerprint density at radius 3 is 2.44 bits per heavy atom. The minimum atomic E-state index is 0.337. The third-order valence-electron chi connectivity index (χ3n) is 4.51. The highest BCUT2D eigenvalue weighted by molar-refractivity contribution is 5.32. The molecule has 1 saturated heterocycles. The van der Waals surface area contributed by atoms with Crippen LogP contribution in [0.3, 0.4) is 0 Å². The van der Waals surface area contributed by atoms with Crippen LogP contribution >= 0.6 is 0 Å². The van der Waals surface area contributed by atoms with Gasteiger partial charge >= 0.3 is 0 Å². The van der Waals surface area contributed by atoms with E-state index < -0.39 is 0 Å². The third kappa shape index (κ3) is 2.76. The van der Waals surface area contributed by atoms with Crippen LogP contribution in [0.4, 0.5) is 0 Å². The molecular formula is C16H26N2. The SMILES string of the molecule is Cc1ccc(C)c(CC2(N(C)C)CCNCC2)c1. The van der Waals surface area contributed by atoms with Gasteiger partial charge in [-0.25, -0.2) is 0 Å². The lowest BCUT2D eigenvalue weighted by atomic mass is 9.80. The molecule has 0 radical (unpaired) electrons. The van der Waals surface area contributed by atoms with Gasteiger partial charge in [0.1, 0.15) is 0 Å². The molecule has 0 aromatic heterocycles. The van der Waals surface area contributed by atoms with E-state index >= 15 is 0 Å². The number of rotatable bonds is 3. The molecule has 1 aliphatic rings. The molecule has 0 saturated carbocycles. The molecule has 1 aromatic carbocycles. The number of likely N-dealkylation sites (N-methyl/N-ethyl adjacent to an activating group) is 1. The van der Waals surface area contributed by atoms with Gasteiger partial charge in [0.2, 0.25) is 0 Å². The molecule has 0 spiro atoms. The minimum absolute atomic E-state index is 0.337. The Hall–Kier alpha value is -0.860. The average Bonchev–Trinajstić information content (AvgIpc) is 2.35. The Labute approximate surface area is 111 Å². The largest absolute Gasteiger partial charge is 0.317 e. The molecule has 1 heterocycles. The van der Waals surface area contributed by atoms with Crippen LogP contribution in [0.15, 0.2) is 18.2 Å². The summed E-state index contributed by atoms with van der Waals surface area (Å²) in [6, 6.07) is 6.83. The van der Waals surface area contributed by atoms with Gasteiger partial charge in [-0.05, 0) is 71.4 Å². The van der Waals surface area contributed by atoms with Crippen LogP contribution in [0.25, 0.3) is 0 Å². The molecule has 1 aliphatic heterocycles. The number of piperidine rings is 1. The smallest absolute Gasteiger partial charge is 0.0268 e. The van der Waals surface area contributed by atoms with Crippen molar-refractivity contribution in [3.63, 3.8) is 0 Å². The van der Waals surface area contributed by atoms with Crippen LogP contribution in [0.2, 0.25) is 0 Å². The molecule has 18 heavy (non-hydrogen) atoms. The van der Waals surface area contributed by atoms with Gasteiger partial charge in [-0.1, -0.05) is 23.8 Å². The number of benzene rings is 1. The minimum Gasteiger partial charge on any atom is -0.317 e. The first-order valence-corrected chi connectivity index (χ1v) is 6.98. The molecule has 1 aromatic rings. The van der Waals surface area contributed by atoms with Crippen LogP contribution in [0, 0.1) is 13.8 Å². The number of hydrogen-bond donors (Lipinski definition) is 1. The number of nitrogens with one attached hydrogen (secondary N) is 1. The molecule has 2 heteroatoms. The first kappa shape index (κ1) is 13.6. The second kappa shape index (κ2) is 5.41. The summed E-state index contributed by atoms with van der Waals surface area (Å²) in [6.45, 7) is 6.71. The van der Waals surface area contributed by atoms with Gasteiger partial charge in [0.05, 0.1) is 0 Å². The molecule has 1 fully saturated rings. The summed E-state index contributed by atoms with van der Waals surface area (Å²) in [5, 5.41) is 3.48. The maximum absolute atomic E-state index is 3.48. The van der Waals surface area contributed by atoms with Crippen molar-refractivity contribution in [3.05, 3.63) is 34.9 Å². The fourth-order valence-electron chi connectivity index (χ4n) is 3.02. The van der Waals surface area contributed by atoms with Crippen molar-refractivity contribution in [1.82, 2.24) is 10.2 Å². The zero-order valence-corrected chi connectivity index (χ0v) is 12.2. The van der Waals surface area contributed by atoms with Crippen molar-refractivity contribution >= 4 is 0 Å². The highest BCUT2D eigenvalue weighted by atomic mass is 15.2. The summed E-state index contributed by atoms with van der Waals surface area (Å²) in [4.78, 5) is 2.44. The van der Waals surface area contributed by atoms with Crippen LogP contribution in [0.1, 0.15) is 29.5 Å². The van der Waals surface area contributed by atoms with Gasteiger partial charge in [-0.3, -0.25) is 0 Å². The maximum atomic E-state index is 3.48. The van der Waals surface area contributed by atoms with E-state index in [9.17, 15) is 0 Å². The summed E-state index contributed by atoms with van der Waals surface area (Å²) in [6.07, 6.45) is 3.66. The van der Waals surface area contributed by atoms with E-state index in [0.717, 1.165) is 13.1 Å². The van der Waals surface area contributed by atoms with Crippen molar-refractivity contribution in [2.24, 2.45) is 0 Å². The molecule has 0 amide bonds. The van der Waals surface area contributed by atoms with Gasteiger partial charge in [0, 0.05) is 5.54 Å². The van der Waals surface area contributed by atoms with E-state index in [2.05, 4.69) is 56.4 Å². The first-order chi connectivity index (χ1) is 8.53. The zero-order chi connectivity index (χ0) is 13.2. The standard InChI is InChI=1S/C16H26N2/c1-13-5-6-14(2)15(11-13)12-16(18(3)4)7-9-17-10-8-16/h5-6,11,17H,7-10,12H2,1-4H3. The van der Waals surface area contributed by atoms with Crippen molar-refractivity contribution < 1.29 is 0 Å². The number of hydrogen-bond acceptors (Lipinski definition) is 2. The maximum Gasteiger partial charge on any atom is 0.0268 e. The quantitative estimate of drug-likeness (QED) is 0.881. The van der Waals surface area contributed by atoms with E-state index in [-0.39, 0.29) is 0 Å². The van der Waals surface area contributed by atoms with Crippen LogP contribution in [0.5, 0.6) is 0 Å². The molecule has 0 bridgehead atoms. The molecule has 0 unspecified atom stereocenters. The molecule has 1 N–H and O–H groups in total. The van der Waals surface area contributed by atoms with E-state index in [1.54, 1.807) is 0 Å². The molecular weight excluding hydrogens is 220 g/mol. The highest BCUT2D eigenvalue weighted by Crippen LogP contribution is 2.29. The average molecular weight is 246 g/mol. The Balaban J connectivity index is 2.25. The fraction of sp³-hybridized carbons (Fsp3) is 0.625. The van der Waals surface area contributed by atoms with E-state index in [4.69, 9.17) is 0 Å². The Morgan fingerprint density at radius 2 is 1.83 bits per heavy atom. The molecule has 100 valence electrons. The Bertz CT molecular complexity index is 404. The summed E-state index contributed by atoms with van der Waals surface area (Å²) < 4.78 is 0. The second-order valence-corrected chi connectivity index (χ2v) is 5.98. The normalized spacial score (nSPS) is 19.2. The fourth-order valence-corrected chi connectivity index (χ4v) is 3.02. The molecule has 0 atom stereocenters. The third-order valence-corrected chi connectivity index (χ3v) is 4.51. The van der Waals surface area contributed by atoms with Crippen LogP contribution in [-0.2, 0) is 6.42 Å². The van der Waals surface area contributed by atoms with E-state index in [1.807, 2.05) is 0 Å². The van der Waals surface area contributed by atoms with Crippen molar-refractivity contribution in [2.75, 3.05) is 27.2 Å². The molecule has 2 rings (SSSR count). The summed E-state index contributed by atoms with van der Waals surface area (Å²) in [7, 11) is 4.47. The summed E-state index contributed by atoms with van der Waals surface area (Å²) >= 11 is 0. The predicted octanol–water partition coefficient (Wildman–Crippen LogP) is 2.53. The van der Waals surface area contributed by atoms with Gasteiger partial charge in [0.25, 0.3) is 0 Å². The molecule has 2 nitrogen and oxygen atoms in total. The van der Waals surface area contributed by atoms with Gasteiger partial charge in [0.15, 0.2) is 0 Å². The lowest BCUT2D eigenvalue weighted by Crippen LogP contribution is -2.53. The second-order valence-electron chi connectivity index (χ2n) is 5.98. The van der Waals surface area contributed by atoms with Gasteiger partial charge in [-0.2, -0.15) is 0 Å². The zero-order valence-electron chi connectivity index (χ0n) is 12.2. The van der Waals surface area contributed by atoms with Crippen LogP contribution in [-0.4, -0.2) is 37.6 Å². The van der Waals surface area contributed by atoms with Crippen molar-refractivity contribution in [1.29, 1.82) is 0 Å².